The van der Waals surface area contributed by atoms with Gasteiger partial charge in [0.1, 0.15) is 5.78 Å². The second-order valence-corrected chi connectivity index (χ2v) is 8.90. The van der Waals surface area contributed by atoms with Crippen molar-refractivity contribution in [1.29, 1.82) is 0 Å². The number of Topliss-reactive ketones (excluding diaryl/α,β-unsaturated/α-hetero) is 1. The average Bonchev–Trinajstić information content (AvgIpc) is 2.89. The van der Waals surface area contributed by atoms with Gasteiger partial charge in [-0.1, -0.05) is 56.3 Å². The van der Waals surface area contributed by atoms with E-state index < -0.39 is 17.6 Å². The van der Waals surface area contributed by atoms with Gasteiger partial charge in [0.05, 0.1) is 19.3 Å². The third-order valence-electron chi connectivity index (χ3n) is 6.32. The van der Waals surface area contributed by atoms with Crippen LogP contribution in [0, 0.1) is 17.3 Å². The molecule has 0 aliphatic heterocycles. The summed E-state index contributed by atoms with van der Waals surface area (Å²) < 4.78 is 4.63. The molecule has 1 aliphatic carbocycles. The molecule has 0 saturated heterocycles. The van der Waals surface area contributed by atoms with Gasteiger partial charge in [0.25, 0.3) is 0 Å². The zero-order valence-corrected chi connectivity index (χ0v) is 18.4. The number of esters is 1. The van der Waals surface area contributed by atoms with E-state index in [1.54, 1.807) is 0 Å². The Morgan fingerprint density at radius 2 is 1.93 bits per heavy atom. The standard InChI is InChI=1S/C25H36O5/c1-25(2)23(28)20(13-9-4-5-10-14-22(27)30-3)21(24(25)29)16-15-19(26)17-18-11-7-6-8-12-18/h4,6-9,11-12,19-21,24,26,29H,5,10,13-17H2,1-3H3/t19?,20-,21-,24+/m1/s1. The lowest BCUT2D eigenvalue weighted by atomic mass is 9.84. The Hall–Kier alpha value is -1.98. The van der Waals surface area contributed by atoms with Crippen LogP contribution in [0.4, 0.5) is 0 Å². The van der Waals surface area contributed by atoms with Crippen molar-refractivity contribution in [2.24, 2.45) is 17.3 Å². The highest BCUT2D eigenvalue weighted by Crippen LogP contribution is 2.46. The second kappa shape index (κ2) is 11.4. The van der Waals surface area contributed by atoms with Crippen molar-refractivity contribution in [3.8, 4) is 0 Å². The minimum Gasteiger partial charge on any atom is -0.469 e. The van der Waals surface area contributed by atoms with Crippen LogP contribution in [0.1, 0.15) is 57.9 Å². The first kappa shape index (κ1) is 24.3. The first-order valence-corrected chi connectivity index (χ1v) is 10.9. The highest BCUT2D eigenvalue weighted by atomic mass is 16.5. The number of rotatable bonds is 11. The van der Waals surface area contributed by atoms with E-state index in [2.05, 4.69) is 4.74 Å². The normalized spacial score (nSPS) is 24.3. The molecule has 0 aromatic heterocycles. The molecule has 0 radical (unpaired) electrons. The van der Waals surface area contributed by atoms with Gasteiger partial charge in [-0.25, -0.2) is 0 Å². The zero-order valence-electron chi connectivity index (χ0n) is 18.4. The number of benzene rings is 1. The number of ketones is 1. The summed E-state index contributed by atoms with van der Waals surface area (Å²) in [5, 5.41) is 21.3. The molecule has 30 heavy (non-hydrogen) atoms. The molecule has 1 unspecified atom stereocenters. The molecule has 1 aliphatic rings. The van der Waals surface area contributed by atoms with Gasteiger partial charge < -0.3 is 14.9 Å². The molecule has 2 N–H and O–H groups in total. The van der Waals surface area contributed by atoms with Crippen LogP contribution in [-0.2, 0) is 20.7 Å². The van der Waals surface area contributed by atoms with Crippen LogP contribution < -0.4 is 0 Å². The highest BCUT2D eigenvalue weighted by molar-refractivity contribution is 5.90. The quantitative estimate of drug-likeness (QED) is 0.325. The Labute approximate surface area is 180 Å². The number of aliphatic hydroxyl groups excluding tert-OH is 2. The molecule has 1 fully saturated rings. The molecule has 0 spiro atoms. The lowest BCUT2D eigenvalue weighted by Crippen LogP contribution is -2.32. The largest absolute Gasteiger partial charge is 0.469 e. The highest BCUT2D eigenvalue weighted by Gasteiger charge is 2.53. The van der Waals surface area contributed by atoms with E-state index >= 15 is 0 Å². The van der Waals surface area contributed by atoms with E-state index in [1.807, 2.05) is 56.3 Å². The number of methoxy groups -OCH3 is 1. The molecule has 1 aromatic carbocycles. The van der Waals surface area contributed by atoms with Gasteiger partial charge in [-0.3, -0.25) is 9.59 Å². The first-order chi connectivity index (χ1) is 14.3. The van der Waals surface area contributed by atoms with Crippen molar-refractivity contribution >= 4 is 11.8 Å². The summed E-state index contributed by atoms with van der Waals surface area (Å²) in [4.78, 5) is 24.1. The van der Waals surface area contributed by atoms with Crippen LogP contribution >= 0.6 is 0 Å². The lowest BCUT2D eigenvalue weighted by Gasteiger charge is -2.25. The Balaban J connectivity index is 1.90. The van der Waals surface area contributed by atoms with Gasteiger partial charge >= 0.3 is 5.97 Å². The summed E-state index contributed by atoms with van der Waals surface area (Å²) in [6, 6.07) is 9.85. The van der Waals surface area contributed by atoms with Crippen molar-refractivity contribution in [2.45, 2.75) is 71.0 Å². The summed E-state index contributed by atoms with van der Waals surface area (Å²) in [6.07, 6.45) is 6.97. The molecule has 2 rings (SSSR count). The van der Waals surface area contributed by atoms with Crippen molar-refractivity contribution in [3.05, 3.63) is 48.0 Å². The van der Waals surface area contributed by atoms with Gasteiger partial charge in [-0.15, -0.1) is 0 Å². The van der Waals surface area contributed by atoms with Crippen LogP contribution in [0.2, 0.25) is 0 Å². The maximum atomic E-state index is 12.9. The third-order valence-corrected chi connectivity index (χ3v) is 6.32. The van der Waals surface area contributed by atoms with Gasteiger partial charge in [-0.05, 0) is 50.0 Å². The number of carbonyl (C=O) groups excluding carboxylic acids is 2. The van der Waals surface area contributed by atoms with Gasteiger partial charge in [0, 0.05) is 17.8 Å². The Kier molecular flexibility index (Phi) is 9.25. The number of carbonyl (C=O) groups is 2. The van der Waals surface area contributed by atoms with Crippen LogP contribution in [0.5, 0.6) is 0 Å². The molecular weight excluding hydrogens is 380 g/mol. The maximum Gasteiger partial charge on any atom is 0.305 e. The fourth-order valence-corrected chi connectivity index (χ4v) is 4.41. The van der Waals surface area contributed by atoms with Crippen molar-refractivity contribution in [3.63, 3.8) is 0 Å². The Morgan fingerprint density at radius 1 is 1.23 bits per heavy atom. The summed E-state index contributed by atoms with van der Waals surface area (Å²) >= 11 is 0. The van der Waals surface area contributed by atoms with Crippen molar-refractivity contribution < 1.29 is 24.5 Å². The molecule has 0 amide bonds. The Bertz CT molecular complexity index is 710. The molecule has 4 atom stereocenters. The van der Waals surface area contributed by atoms with Crippen LogP contribution in [0.15, 0.2) is 42.5 Å². The van der Waals surface area contributed by atoms with E-state index in [-0.39, 0.29) is 23.6 Å². The molecule has 5 nitrogen and oxygen atoms in total. The van der Waals surface area contributed by atoms with Gasteiger partial charge in [0.2, 0.25) is 0 Å². The van der Waals surface area contributed by atoms with E-state index in [0.29, 0.717) is 38.5 Å². The molecule has 1 saturated carbocycles. The summed E-state index contributed by atoms with van der Waals surface area (Å²) in [5.41, 5.74) is 0.318. The van der Waals surface area contributed by atoms with Crippen molar-refractivity contribution in [1.82, 2.24) is 0 Å². The minimum atomic E-state index is -0.765. The minimum absolute atomic E-state index is 0.0942. The summed E-state index contributed by atoms with van der Waals surface area (Å²) in [5.74, 6) is -0.515. The van der Waals surface area contributed by atoms with E-state index in [4.69, 9.17) is 0 Å². The fourth-order valence-electron chi connectivity index (χ4n) is 4.41. The van der Waals surface area contributed by atoms with Gasteiger partial charge in [0.15, 0.2) is 0 Å². The molecular formula is C25H36O5. The first-order valence-electron chi connectivity index (χ1n) is 10.9. The van der Waals surface area contributed by atoms with Gasteiger partial charge in [-0.2, -0.15) is 0 Å². The number of unbranched alkanes of at least 4 members (excludes halogenated alkanes) is 1. The van der Waals surface area contributed by atoms with Crippen LogP contribution in [0.3, 0.4) is 0 Å². The summed E-state index contributed by atoms with van der Waals surface area (Å²) in [7, 11) is 1.38. The molecule has 0 heterocycles. The van der Waals surface area contributed by atoms with Crippen LogP contribution in [0.25, 0.3) is 0 Å². The number of hydrogen-bond acceptors (Lipinski definition) is 5. The van der Waals surface area contributed by atoms with E-state index in [1.165, 1.54) is 7.11 Å². The monoisotopic (exact) mass is 416 g/mol. The third kappa shape index (κ3) is 6.51. The number of ether oxygens (including phenoxy) is 1. The Morgan fingerprint density at radius 3 is 2.60 bits per heavy atom. The fraction of sp³-hybridized carbons (Fsp3) is 0.600. The number of allylic oxidation sites excluding steroid dienone is 2. The topological polar surface area (TPSA) is 83.8 Å². The van der Waals surface area contributed by atoms with Crippen molar-refractivity contribution in [2.75, 3.05) is 7.11 Å². The predicted molar refractivity (Wildman–Crippen MR) is 117 cm³/mol. The summed E-state index contributed by atoms with van der Waals surface area (Å²) in [6.45, 7) is 3.63. The second-order valence-electron chi connectivity index (χ2n) is 8.90. The molecule has 0 bridgehead atoms. The smallest absolute Gasteiger partial charge is 0.305 e. The molecule has 5 heteroatoms. The maximum absolute atomic E-state index is 12.9. The number of hydrogen-bond donors (Lipinski definition) is 2. The van der Waals surface area contributed by atoms with Crippen LogP contribution in [-0.4, -0.2) is 41.3 Å². The molecule has 166 valence electrons. The lowest BCUT2D eigenvalue weighted by molar-refractivity contribution is -0.140. The van der Waals surface area contributed by atoms with E-state index in [9.17, 15) is 19.8 Å². The van der Waals surface area contributed by atoms with E-state index in [0.717, 1.165) is 12.0 Å². The zero-order chi connectivity index (χ0) is 22.1. The average molecular weight is 417 g/mol. The SMILES string of the molecule is COC(=O)CCCC=CC[C@H]1C(=O)C(C)(C)[C@@H](O)[C@@H]1CCC(O)Cc1ccccc1. The predicted octanol–water partition coefficient (Wildman–Crippen LogP) is 3.86. The number of aliphatic hydroxyl groups is 2. The molecule has 1 aromatic rings.